The summed E-state index contributed by atoms with van der Waals surface area (Å²) in [5.74, 6) is 1.23. The third-order valence-electron chi connectivity index (χ3n) is 6.19. The number of nitriles is 1. The summed E-state index contributed by atoms with van der Waals surface area (Å²) >= 11 is 0. The summed E-state index contributed by atoms with van der Waals surface area (Å²) in [6.07, 6.45) is 5.45. The number of rotatable bonds is 7. The molecule has 2 aromatic heterocycles. The number of benzene rings is 2. The highest BCUT2D eigenvalue weighted by molar-refractivity contribution is 5.96. The standard InChI is InChI=1S/C27H26N6O3/c1-17(2)36-27(34)32-19-8-6-18(7-9-19)26-23(13-28)22-11-10-21(35-14-25-30-15-29-16-31-25)12-24(22)33(26)20-4-3-5-20/h6-12,15-17,20H,3-5,14H2,1-2H3,(H,32,34). The van der Waals surface area contributed by atoms with Crippen LogP contribution in [0.2, 0.25) is 0 Å². The van der Waals surface area contributed by atoms with Gasteiger partial charge in [-0.25, -0.2) is 19.7 Å². The van der Waals surface area contributed by atoms with Gasteiger partial charge in [-0.1, -0.05) is 12.1 Å². The van der Waals surface area contributed by atoms with E-state index in [0.29, 0.717) is 28.9 Å². The molecule has 0 aliphatic heterocycles. The Bertz CT molecular complexity index is 1420. The van der Waals surface area contributed by atoms with Gasteiger partial charge in [0.1, 0.15) is 31.1 Å². The number of fused-ring (bicyclic) bond motifs is 1. The lowest BCUT2D eigenvalue weighted by atomic mass is 9.92. The average molecular weight is 483 g/mol. The van der Waals surface area contributed by atoms with Crippen molar-refractivity contribution in [2.45, 2.75) is 51.9 Å². The zero-order valence-electron chi connectivity index (χ0n) is 20.1. The number of hydrogen-bond donors (Lipinski definition) is 1. The summed E-state index contributed by atoms with van der Waals surface area (Å²) in [5, 5.41) is 13.8. The summed E-state index contributed by atoms with van der Waals surface area (Å²) < 4.78 is 13.4. The molecular weight excluding hydrogens is 456 g/mol. The molecule has 2 heterocycles. The quantitative estimate of drug-likeness (QED) is 0.363. The molecule has 9 nitrogen and oxygen atoms in total. The maximum absolute atomic E-state index is 12.0. The minimum Gasteiger partial charge on any atom is -0.486 e. The smallest absolute Gasteiger partial charge is 0.411 e. The summed E-state index contributed by atoms with van der Waals surface area (Å²) in [6, 6.07) is 16.0. The molecule has 1 aliphatic carbocycles. The first kappa shape index (κ1) is 23.3. The van der Waals surface area contributed by atoms with E-state index in [9.17, 15) is 10.1 Å². The van der Waals surface area contributed by atoms with Crippen molar-refractivity contribution in [3.63, 3.8) is 0 Å². The minimum absolute atomic E-state index is 0.202. The van der Waals surface area contributed by atoms with Crippen molar-refractivity contribution >= 4 is 22.7 Å². The molecule has 1 amide bonds. The van der Waals surface area contributed by atoms with Gasteiger partial charge in [0, 0.05) is 23.2 Å². The van der Waals surface area contributed by atoms with E-state index in [1.165, 1.54) is 12.7 Å². The predicted octanol–water partition coefficient (Wildman–Crippen LogP) is 5.63. The third-order valence-corrected chi connectivity index (χ3v) is 6.19. The van der Waals surface area contributed by atoms with Crippen LogP contribution in [0.5, 0.6) is 5.75 Å². The maximum atomic E-state index is 12.0. The van der Waals surface area contributed by atoms with E-state index < -0.39 is 6.09 Å². The van der Waals surface area contributed by atoms with Crippen LogP contribution < -0.4 is 10.1 Å². The summed E-state index contributed by atoms with van der Waals surface area (Å²) in [5.41, 5.74) is 4.00. The second kappa shape index (κ2) is 10.0. The molecule has 1 N–H and O–H groups in total. The number of nitrogens with one attached hydrogen (secondary N) is 1. The van der Waals surface area contributed by atoms with Crippen molar-refractivity contribution in [3.05, 3.63) is 66.5 Å². The summed E-state index contributed by atoms with van der Waals surface area (Å²) in [4.78, 5) is 24.0. The Morgan fingerprint density at radius 1 is 1.17 bits per heavy atom. The molecule has 0 saturated heterocycles. The molecule has 1 saturated carbocycles. The van der Waals surface area contributed by atoms with Gasteiger partial charge in [0.2, 0.25) is 0 Å². The zero-order chi connectivity index (χ0) is 25.1. The third kappa shape index (κ3) is 4.70. The Morgan fingerprint density at radius 2 is 1.92 bits per heavy atom. The molecule has 0 radical (unpaired) electrons. The van der Waals surface area contributed by atoms with Crippen molar-refractivity contribution in [3.8, 4) is 23.1 Å². The van der Waals surface area contributed by atoms with Crippen molar-refractivity contribution in [1.29, 1.82) is 5.26 Å². The minimum atomic E-state index is -0.497. The molecule has 5 rings (SSSR count). The Balaban J connectivity index is 1.50. The van der Waals surface area contributed by atoms with Crippen LogP contribution >= 0.6 is 0 Å². The van der Waals surface area contributed by atoms with Crippen LogP contribution in [0.4, 0.5) is 10.5 Å². The molecule has 1 fully saturated rings. The van der Waals surface area contributed by atoms with Crippen molar-refractivity contribution in [2.75, 3.05) is 5.32 Å². The molecule has 2 aromatic carbocycles. The molecule has 36 heavy (non-hydrogen) atoms. The highest BCUT2D eigenvalue weighted by Crippen LogP contribution is 2.43. The second-order valence-corrected chi connectivity index (χ2v) is 8.97. The van der Waals surface area contributed by atoms with Gasteiger partial charge in [-0.2, -0.15) is 5.26 Å². The van der Waals surface area contributed by atoms with E-state index in [-0.39, 0.29) is 12.7 Å². The van der Waals surface area contributed by atoms with Gasteiger partial charge in [0.25, 0.3) is 0 Å². The largest absolute Gasteiger partial charge is 0.486 e. The summed E-state index contributed by atoms with van der Waals surface area (Å²) in [7, 11) is 0. The first-order valence-corrected chi connectivity index (χ1v) is 11.9. The lowest BCUT2D eigenvalue weighted by Gasteiger charge is -2.30. The molecule has 0 unspecified atom stereocenters. The number of carbonyl (C=O) groups is 1. The zero-order valence-corrected chi connectivity index (χ0v) is 20.1. The first-order valence-electron chi connectivity index (χ1n) is 11.9. The molecule has 0 spiro atoms. The van der Waals surface area contributed by atoms with Crippen molar-refractivity contribution < 1.29 is 14.3 Å². The molecule has 1 aliphatic rings. The lowest BCUT2D eigenvalue weighted by molar-refractivity contribution is 0.130. The lowest BCUT2D eigenvalue weighted by Crippen LogP contribution is -2.18. The van der Waals surface area contributed by atoms with Crippen LogP contribution in [0.15, 0.2) is 55.1 Å². The van der Waals surface area contributed by atoms with Crippen molar-refractivity contribution in [1.82, 2.24) is 19.5 Å². The van der Waals surface area contributed by atoms with Crippen LogP contribution in [0.3, 0.4) is 0 Å². The fourth-order valence-corrected chi connectivity index (χ4v) is 4.36. The predicted molar refractivity (Wildman–Crippen MR) is 134 cm³/mol. The number of hydrogen-bond acceptors (Lipinski definition) is 7. The van der Waals surface area contributed by atoms with E-state index in [4.69, 9.17) is 9.47 Å². The number of carbonyl (C=O) groups excluding carboxylic acids is 1. The van der Waals surface area contributed by atoms with Gasteiger partial charge in [0.05, 0.1) is 22.9 Å². The van der Waals surface area contributed by atoms with Crippen molar-refractivity contribution in [2.24, 2.45) is 0 Å². The normalized spacial score (nSPS) is 13.3. The van der Waals surface area contributed by atoms with Gasteiger partial charge in [-0.15, -0.1) is 0 Å². The maximum Gasteiger partial charge on any atom is 0.411 e. The van der Waals surface area contributed by atoms with Crippen LogP contribution in [-0.4, -0.2) is 31.7 Å². The number of aromatic nitrogens is 4. The van der Waals surface area contributed by atoms with Crippen LogP contribution in [-0.2, 0) is 11.3 Å². The molecule has 9 heteroatoms. The molecular formula is C27H26N6O3. The number of anilines is 1. The topological polar surface area (TPSA) is 115 Å². The van der Waals surface area contributed by atoms with Gasteiger partial charge in [0.15, 0.2) is 5.82 Å². The highest BCUT2D eigenvalue weighted by atomic mass is 16.6. The Kier molecular flexibility index (Phi) is 6.50. The Morgan fingerprint density at radius 3 is 2.56 bits per heavy atom. The SMILES string of the molecule is CC(C)OC(=O)Nc1ccc(-c2c(C#N)c3ccc(OCc4ncncn4)cc3n2C2CCC2)cc1. The van der Waals surface area contributed by atoms with Gasteiger partial charge in [-0.3, -0.25) is 5.32 Å². The molecule has 4 aromatic rings. The van der Waals surface area contributed by atoms with Gasteiger partial charge in [-0.05, 0) is 62.9 Å². The van der Waals surface area contributed by atoms with Crippen LogP contribution in [0, 0.1) is 11.3 Å². The number of nitrogens with zero attached hydrogens (tertiary/aromatic N) is 5. The molecule has 0 atom stereocenters. The van der Waals surface area contributed by atoms with E-state index in [1.807, 2.05) is 42.5 Å². The van der Waals surface area contributed by atoms with E-state index in [0.717, 1.165) is 41.4 Å². The number of amides is 1. The Labute approximate surface area is 208 Å². The average Bonchev–Trinajstić information content (AvgIpc) is 3.15. The monoisotopic (exact) mass is 482 g/mol. The summed E-state index contributed by atoms with van der Waals surface area (Å²) in [6.45, 7) is 3.83. The molecule has 182 valence electrons. The van der Waals surface area contributed by atoms with Gasteiger partial charge >= 0.3 is 6.09 Å². The highest BCUT2D eigenvalue weighted by Gasteiger charge is 2.28. The molecule has 0 bridgehead atoms. The second-order valence-electron chi connectivity index (χ2n) is 8.97. The van der Waals surface area contributed by atoms with E-state index >= 15 is 0 Å². The fraction of sp³-hybridized carbons (Fsp3) is 0.296. The van der Waals surface area contributed by atoms with Crippen LogP contribution in [0.25, 0.3) is 22.2 Å². The fourth-order valence-electron chi connectivity index (χ4n) is 4.36. The van der Waals surface area contributed by atoms with Crippen LogP contribution in [0.1, 0.15) is 50.5 Å². The Hall–Kier alpha value is -4.45. The number of ether oxygens (including phenoxy) is 2. The van der Waals surface area contributed by atoms with Gasteiger partial charge < -0.3 is 14.0 Å². The first-order chi connectivity index (χ1) is 17.5. The van der Waals surface area contributed by atoms with E-state index in [2.05, 4.69) is 30.9 Å². The van der Waals surface area contributed by atoms with E-state index in [1.54, 1.807) is 13.8 Å².